The third-order valence-electron chi connectivity index (χ3n) is 3.23. The molecule has 2 aromatic rings. The molecule has 0 spiro atoms. The third kappa shape index (κ3) is 1.35. The van der Waals surface area contributed by atoms with Gasteiger partial charge in [-0.15, -0.1) is 0 Å². The highest BCUT2D eigenvalue weighted by Gasteiger charge is 2.21. The van der Waals surface area contributed by atoms with Crippen molar-refractivity contribution in [3.05, 3.63) is 30.0 Å². The lowest BCUT2D eigenvalue weighted by molar-refractivity contribution is 0.690. The molecule has 15 heavy (non-hydrogen) atoms. The first-order chi connectivity index (χ1) is 7.36. The highest BCUT2D eigenvalue weighted by molar-refractivity contribution is 5.82. The summed E-state index contributed by atoms with van der Waals surface area (Å²) in [4.78, 5) is 0. The van der Waals surface area contributed by atoms with Crippen molar-refractivity contribution in [2.75, 3.05) is 13.1 Å². The molecule has 1 unspecified atom stereocenters. The Kier molecular flexibility index (Phi) is 1.99. The predicted molar refractivity (Wildman–Crippen MR) is 60.9 cm³/mol. The van der Waals surface area contributed by atoms with Crippen LogP contribution < -0.4 is 5.32 Å². The minimum absolute atomic E-state index is 0.594. The van der Waals surface area contributed by atoms with Crippen LogP contribution in [-0.4, -0.2) is 22.9 Å². The summed E-state index contributed by atoms with van der Waals surface area (Å²) in [6.07, 6.45) is 1.21. The highest BCUT2D eigenvalue weighted by Crippen LogP contribution is 2.28. The monoisotopic (exact) mass is 201 g/mol. The van der Waals surface area contributed by atoms with E-state index >= 15 is 0 Å². The molecule has 1 aliphatic heterocycles. The average molecular weight is 201 g/mol. The molecule has 1 atom stereocenters. The largest absolute Gasteiger partial charge is 0.316 e. The van der Waals surface area contributed by atoms with E-state index in [0.29, 0.717) is 5.92 Å². The van der Waals surface area contributed by atoms with Gasteiger partial charge < -0.3 is 5.32 Å². The number of hydrogen-bond donors (Lipinski definition) is 1. The van der Waals surface area contributed by atoms with Gasteiger partial charge in [-0.2, -0.15) is 5.10 Å². The van der Waals surface area contributed by atoms with Gasteiger partial charge in [0.1, 0.15) is 0 Å². The second-order valence-electron chi connectivity index (χ2n) is 4.22. The van der Waals surface area contributed by atoms with Crippen LogP contribution in [-0.2, 0) is 7.05 Å². The van der Waals surface area contributed by atoms with Crippen molar-refractivity contribution in [1.29, 1.82) is 0 Å². The summed E-state index contributed by atoms with van der Waals surface area (Å²) in [6, 6.07) is 8.47. The Morgan fingerprint density at radius 3 is 3.07 bits per heavy atom. The molecule has 1 fully saturated rings. The van der Waals surface area contributed by atoms with Crippen LogP contribution in [0.15, 0.2) is 24.3 Å². The summed E-state index contributed by atoms with van der Waals surface area (Å²) in [7, 11) is 2.02. The van der Waals surface area contributed by atoms with Crippen molar-refractivity contribution in [2.45, 2.75) is 12.3 Å². The van der Waals surface area contributed by atoms with Crippen LogP contribution in [0.1, 0.15) is 18.0 Å². The van der Waals surface area contributed by atoms with Gasteiger partial charge in [-0.25, -0.2) is 0 Å². The molecular formula is C12H15N3. The number of benzene rings is 1. The summed E-state index contributed by atoms with van der Waals surface area (Å²) in [5, 5.41) is 9.36. The minimum Gasteiger partial charge on any atom is -0.316 e. The third-order valence-corrected chi connectivity index (χ3v) is 3.23. The molecule has 78 valence electrons. The van der Waals surface area contributed by atoms with E-state index in [0.717, 1.165) is 13.1 Å². The lowest BCUT2D eigenvalue weighted by Crippen LogP contribution is -2.08. The molecular weight excluding hydrogens is 186 g/mol. The molecule has 2 heterocycles. The molecule has 0 aliphatic carbocycles. The van der Waals surface area contributed by atoms with Gasteiger partial charge in [0.15, 0.2) is 0 Å². The highest BCUT2D eigenvalue weighted by atomic mass is 15.3. The molecule has 0 radical (unpaired) electrons. The second kappa shape index (κ2) is 3.35. The summed E-state index contributed by atoms with van der Waals surface area (Å²) in [5.41, 5.74) is 2.50. The topological polar surface area (TPSA) is 29.9 Å². The smallest absolute Gasteiger partial charge is 0.0747 e. The SMILES string of the molecule is Cn1nc(C2CCNC2)c2ccccc21. The maximum Gasteiger partial charge on any atom is 0.0747 e. The number of aryl methyl sites for hydroxylation is 1. The van der Waals surface area contributed by atoms with Crippen LogP contribution in [0, 0.1) is 0 Å². The molecule has 1 aromatic carbocycles. The van der Waals surface area contributed by atoms with Gasteiger partial charge in [0.25, 0.3) is 0 Å². The van der Waals surface area contributed by atoms with Crippen molar-refractivity contribution >= 4 is 10.9 Å². The summed E-state index contributed by atoms with van der Waals surface area (Å²) in [6.45, 7) is 2.19. The number of rotatable bonds is 1. The summed E-state index contributed by atoms with van der Waals surface area (Å²) >= 11 is 0. The van der Waals surface area contributed by atoms with Gasteiger partial charge in [0.05, 0.1) is 11.2 Å². The predicted octanol–water partition coefficient (Wildman–Crippen LogP) is 1.65. The Labute approximate surface area is 89.1 Å². The van der Waals surface area contributed by atoms with Crippen molar-refractivity contribution in [1.82, 2.24) is 15.1 Å². The molecule has 1 aromatic heterocycles. The number of aromatic nitrogens is 2. The lowest BCUT2D eigenvalue weighted by Gasteiger charge is -2.03. The van der Waals surface area contributed by atoms with E-state index < -0.39 is 0 Å². The number of nitrogens with one attached hydrogen (secondary N) is 1. The number of para-hydroxylation sites is 1. The quantitative estimate of drug-likeness (QED) is 0.760. The van der Waals surface area contributed by atoms with Crippen LogP contribution in [0.5, 0.6) is 0 Å². The van der Waals surface area contributed by atoms with Gasteiger partial charge >= 0.3 is 0 Å². The maximum atomic E-state index is 4.65. The first-order valence-corrected chi connectivity index (χ1v) is 5.48. The Morgan fingerprint density at radius 2 is 2.27 bits per heavy atom. The number of hydrogen-bond acceptors (Lipinski definition) is 2. The molecule has 3 nitrogen and oxygen atoms in total. The first-order valence-electron chi connectivity index (χ1n) is 5.48. The van der Waals surface area contributed by atoms with E-state index in [4.69, 9.17) is 0 Å². The Bertz CT molecular complexity index is 481. The number of nitrogens with zero attached hydrogens (tertiary/aromatic N) is 2. The molecule has 1 saturated heterocycles. The summed E-state index contributed by atoms with van der Waals surface area (Å²) in [5.74, 6) is 0.594. The van der Waals surface area contributed by atoms with Crippen LogP contribution in [0.25, 0.3) is 10.9 Å². The zero-order valence-electron chi connectivity index (χ0n) is 8.90. The van der Waals surface area contributed by atoms with Crippen molar-refractivity contribution < 1.29 is 0 Å². The van der Waals surface area contributed by atoms with Gasteiger partial charge in [-0.1, -0.05) is 18.2 Å². The van der Waals surface area contributed by atoms with Gasteiger partial charge in [-0.05, 0) is 19.0 Å². The average Bonchev–Trinajstić information content (AvgIpc) is 2.87. The van der Waals surface area contributed by atoms with Gasteiger partial charge in [0.2, 0.25) is 0 Å². The molecule has 0 saturated carbocycles. The van der Waals surface area contributed by atoms with Gasteiger partial charge in [-0.3, -0.25) is 4.68 Å². The van der Waals surface area contributed by atoms with Crippen molar-refractivity contribution in [3.8, 4) is 0 Å². The van der Waals surface area contributed by atoms with E-state index in [-0.39, 0.29) is 0 Å². The minimum atomic E-state index is 0.594. The van der Waals surface area contributed by atoms with E-state index in [1.807, 2.05) is 11.7 Å². The fourth-order valence-electron chi connectivity index (χ4n) is 2.43. The maximum absolute atomic E-state index is 4.65. The van der Waals surface area contributed by atoms with E-state index in [1.165, 1.54) is 23.0 Å². The van der Waals surface area contributed by atoms with Crippen LogP contribution >= 0.6 is 0 Å². The molecule has 1 aliphatic rings. The molecule has 0 bridgehead atoms. The normalized spacial score (nSPS) is 21.3. The Morgan fingerprint density at radius 1 is 1.40 bits per heavy atom. The fraction of sp³-hybridized carbons (Fsp3) is 0.417. The zero-order chi connectivity index (χ0) is 10.3. The summed E-state index contributed by atoms with van der Waals surface area (Å²) < 4.78 is 1.99. The second-order valence-corrected chi connectivity index (χ2v) is 4.22. The van der Waals surface area contributed by atoms with Gasteiger partial charge in [0, 0.05) is 24.9 Å². The first kappa shape index (κ1) is 8.92. The lowest BCUT2D eigenvalue weighted by atomic mass is 10.0. The standard InChI is InChI=1S/C12H15N3/c1-15-11-5-3-2-4-10(11)12(14-15)9-6-7-13-8-9/h2-5,9,13H,6-8H2,1H3. The molecule has 0 amide bonds. The van der Waals surface area contributed by atoms with E-state index in [1.54, 1.807) is 0 Å². The van der Waals surface area contributed by atoms with E-state index in [9.17, 15) is 0 Å². The number of fused-ring (bicyclic) bond motifs is 1. The van der Waals surface area contributed by atoms with Crippen LogP contribution in [0.4, 0.5) is 0 Å². The fourth-order valence-corrected chi connectivity index (χ4v) is 2.43. The Hall–Kier alpha value is -1.35. The van der Waals surface area contributed by atoms with E-state index in [2.05, 4.69) is 34.7 Å². The molecule has 1 N–H and O–H groups in total. The molecule has 3 heteroatoms. The van der Waals surface area contributed by atoms with Crippen LogP contribution in [0.3, 0.4) is 0 Å². The zero-order valence-corrected chi connectivity index (χ0v) is 8.90. The van der Waals surface area contributed by atoms with Crippen molar-refractivity contribution in [3.63, 3.8) is 0 Å². The molecule has 3 rings (SSSR count). The Balaban J connectivity index is 2.17. The van der Waals surface area contributed by atoms with Crippen molar-refractivity contribution in [2.24, 2.45) is 7.05 Å². The van der Waals surface area contributed by atoms with Crippen LogP contribution in [0.2, 0.25) is 0 Å².